The molecule has 0 aromatic carbocycles. The van der Waals surface area contributed by atoms with Crippen LogP contribution in [0.1, 0.15) is 20.8 Å². The minimum Gasteiger partial charge on any atom is -0.464 e. The van der Waals surface area contributed by atoms with E-state index in [2.05, 4.69) is 5.10 Å². The molecule has 1 heterocycles. The number of nitrogens with zero attached hydrogens (tertiary/aromatic N) is 2. The fourth-order valence-corrected chi connectivity index (χ4v) is 1.18. The van der Waals surface area contributed by atoms with Crippen LogP contribution in [0.25, 0.3) is 0 Å². The zero-order valence-electron chi connectivity index (χ0n) is 9.54. The highest BCUT2D eigenvalue weighted by Crippen LogP contribution is 2.14. The molecule has 1 aromatic heterocycles. The summed E-state index contributed by atoms with van der Waals surface area (Å²) in [6.07, 6.45) is 2.70. The van der Waals surface area contributed by atoms with E-state index < -0.39 is 18.6 Å². The first-order chi connectivity index (χ1) is 7.39. The van der Waals surface area contributed by atoms with Crippen molar-refractivity contribution in [2.24, 2.45) is 0 Å². The van der Waals surface area contributed by atoms with Gasteiger partial charge in [-0.05, 0) is 20.8 Å². The Labute approximate surface area is 94.0 Å². The lowest BCUT2D eigenvalue weighted by atomic mass is 9.83. The Balaban J connectivity index is 2.93. The zero-order valence-corrected chi connectivity index (χ0v) is 9.54. The molecule has 1 aromatic rings. The highest BCUT2D eigenvalue weighted by Gasteiger charge is 2.32. The molecule has 0 bridgehead atoms. The molecule has 88 valence electrons. The standard InChI is InChI=1S/C9H15BN2O4/c1-4-16-8(13)9(2,3)12-6-7(5-11-12)10(14)15/h5-6,14-15H,4H2,1-3H3. The average Bonchev–Trinajstić information content (AvgIpc) is 2.67. The summed E-state index contributed by atoms with van der Waals surface area (Å²) in [5, 5.41) is 21.8. The van der Waals surface area contributed by atoms with Gasteiger partial charge >= 0.3 is 13.1 Å². The molecule has 0 spiro atoms. The Morgan fingerprint density at radius 3 is 2.69 bits per heavy atom. The minimum absolute atomic E-state index is 0.234. The van der Waals surface area contributed by atoms with Gasteiger partial charge in [-0.25, -0.2) is 4.79 Å². The van der Waals surface area contributed by atoms with E-state index in [1.54, 1.807) is 20.8 Å². The molecule has 7 heteroatoms. The van der Waals surface area contributed by atoms with Gasteiger partial charge in [0.1, 0.15) is 0 Å². The van der Waals surface area contributed by atoms with Crippen LogP contribution in [0.2, 0.25) is 0 Å². The minimum atomic E-state index is -1.59. The number of esters is 1. The maximum atomic E-state index is 11.6. The summed E-state index contributed by atoms with van der Waals surface area (Å²) in [5.74, 6) is -0.419. The number of aromatic nitrogens is 2. The van der Waals surface area contributed by atoms with Gasteiger partial charge in [0.25, 0.3) is 0 Å². The largest absolute Gasteiger partial charge is 0.491 e. The normalized spacial score (nSPS) is 11.3. The van der Waals surface area contributed by atoms with Crippen molar-refractivity contribution in [3.63, 3.8) is 0 Å². The molecule has 6 nitrogen and oxygen atoms in total. The molecule has 0 aliphatic heterocycles. The maximum absolute atomic E-state index is 11.6. The number of carbonyl (C=O) groups is 1. The lowest BCUT2D eigenvalue weighted by Gasteiger charge is -2.22. The molecule has 0 amide bonds. The molecule has 2 N–H and O–H groups in total. The molecule has 0 saturated heterocycles. The Hall–Kier alpha value is -1.34. The summed E-state index contributed by atoms with van der Waals surface area (Å²) in [6.45, 7) is 5.30. The lowest BCUT2D eigenvalue weighted by Crippen LogP contribution is -2.38. The van der Waals surface area contributed by atoms with Gasteiger partial charge in [-0.3, -0.25) is 4.68 Å². The van der Waals surface area contributed by atoms with Crippen LogP contribution < -0.4 is 5.46 Å². The van der Waals surface area contributed by atoms with Crippen LogP contribution in [-0.2, 0) is 15.1 Å². The van der Waals surface area contributed by atoms with Crippen molar-refractivity contribution in [1.82, 2.24) is 9.78 Å². The van der Waals surface area contributed by atoms with Gasteiger partial charge in [0.15, 0.2) is 5.54 Å². The molecular formula is C9H15BN2O4. The third kappa shape index (κ3) is 2.42. The summed E-state index contributed by atoms with van der Waals surface area (Å²) in [7, 11) is -1.59. The third-order valence-corrected chi connectivity index (χ3v) is 2.25. The predicted molar refractivity (Wildman–Crippen MR) is 58.0 cm³/mol. The Bertz CT molecular complexity index is 375. The first kappa shape index (κ1) is 12.7. The van der Waals surface area contributed by atoms with E-state index in [1.165, 1.54) is 17.1 Å². The first-order valence-corrected chi connectivity index (χ1v) is 4.98. The van der Waals surface area contributed by atoms with Crippen molar-refractivity contribution in [2.45, 2.75) is 26.3 Å². The number of carbonyl (C=O) groups excluding carboxylic acids is 1. The number of hydrogen-bond acceptors (Lipinski definition) is 5. The van der Waals surface area contributed by atoms with Gasteiger partial charge in [-0.1, -0.05) is 0 Å². The number of ether oxygens (including phenoxy) is 1. The van der Waals surface area contributed by atoms with Crippen LogP contribution in [0.15, 0.2) is 12.4 Å². The topological polar surface area (TPSA) is 84.6 Å². The van der Waals surface area contributed by atoms with E-state index in [4.69, 9.17) is 14.8 Å². The van der Waals surface area contributed by atoms with Gasteiger partial charge in [0.2, 0.25) is 0 Å². The molecule has 0 aliphatic carbocycles. The van der Waals surface area contributed by atoms with Crippen molar-refractivity contribution in [2.75, 3.05) is 6.61 Å². The molecule has 16 heavy (non-hydrogen) atoms. The van der Waals surface area contributed by atoms with E-state index in [0.717, 1.165) is 0 Å². The Kier molecular flexibility index (Phi) is 3.72. The van der Waals surface area contributed by atoms with Gasteiger partial charge in [-0.2, -0.15) is 5.10 Å². The summed E-state index contributed by atoms with van der Waals surface area (Å²) >= 11 is 0. The second-order valence-corrected chi connectivity index (χ2v) is 3.87. The van der Waals surface area contributed by atoms with E-state index in [0.29, 0.717) is 6.61 Å². The molecule has 0 atom stereocenters. The van der Waals surface area contributed by atoms with E-state index >= 15 is 0 Å². The number of rotatable bonds is 4. The Morgan fingerprint density at radius 2 is 2.25 bits per heavy atom. The third-order valence-electron chi connectivity index (χ3n) is 2.25. The summed E-state index contributed by atoms with van der Waals surface area (Å²) in [4.78, 5) is 11.6. The van der Waals surface area contributed by atoms with Crippen LogP contribution in [0.5, 0.6) is 0 Å². The van der Waals surface area contributed by atoms with Crippen LogP contribution in [0, 0.1) is 0 Å². The van der Waals surface area contributed by atoms with Crippen molar-refractivity contribution in [3.05, 3.63) is 12.4 Å². The molecule has 0 saturated carbocycles. The summed E-state index contributed by atoms with van der Waals surface area (Å²) in [5.41, 5.74) is -0.735. The van der Waals surface area contributed by atoms with Gasteiger partial charge in [0, 0.05) is 17.9 Å². The van der Waals surface area contributed by atoms with Crippen LogP contribution in [0.4, 0.5) is 0 Å². The quantitative estimate of drug-likeness (QED) is 0.500. The fraction of sp³-hybridized carbons (Fsp3) is 0.556. The maximum Gasteiger partial charge on any atom is 0.491 e. The van der Waals surface area contributed by atoms with Crippen molar-refractivity contribution < 1.29 is 19.6 Å². The van der Waals surface area contributed by atoms with E-state index in [9.17, 15) is 4.79 Å². The van der Waals surface area contributed by atoms with Crippen LogP contribution in [0.3, 0.4) is 0 Å². The zero-order chi connectivity index (χ0) is 12.3. The fourth-order valence-electron chi connectivity index (χ4n) is 1.18. The number of hydrogen-bond donors (Lipinski definition) is 2. The van der Waals surface area contributed by atoms with Gasteiger partial charge in [0.05, 0.1) is 6.61 Å². The lowest BCUT2D eigenvalue weighted by molar-refractivity contribution is -0.152. The smallest absolute Gasteiger partial charge is 0.464 e. The molecule has 0 unspecified atom stereocenters. The van der Waals surface area contributed by atoms with Crippen LogP contribution in [-0.4, -0.2) is 39.5 Å². The second kappa shape index (κ2) is 4.67. The van der Waals surface area contributed by atoms with E-state index in [-0.39, 0.29) is 5.46 Å². The monoisotopic (exact) mass is 226 g/mol. The highest BCUT2D eigenvalue weighted by molar-refractivity contribution is 6.58. The highest BCUT2D eigenvalue weighted by atomic mass is 16.5. The van der Waals surface area contributed by atoms with Crippen molar-refractivity contribution in [1.29, 1.82) is 0 Å². The molecule has 0 fully saturated rings. The summed E-state index contributed by atoms with van der Waals surface area (Å²) < 4.78 is 6.25. The SMILES string of the molecule is CCOC(=O)C(C)(C)n1cc(B(O)O)cn1. The van der Waals surface area contributed by atoms with E-state index in [1.807, 2.05) is 0 Å². The summed E-state index contributed by atoms with van der Waals surface area (Å²) in [6, 6.07) is 0. The molecule has 1 rings (SSSR count). The van der Waals surface area contributed by atoms with Crippen LogP contribution >= 0.6 is 0 Å². The predicted octanol–water partition coefficient (Wildman–Crippen LogP) is -1.14. The first-order valence-electron chi connectivity index (χ1n) is 4.98. The molecular weight excluding hydrogens is 211 g/mol. The molecule has 0 radical (unpaired) electrons. The second-order valence-electron chi connectivity index (χ2n) is 3.87. The average molecular weight is 226 g/mol. The van der Waals surface area contributed by atoms with Gasteiger partial charge < -0.3 is 14.8 Å². The van der Waals surface area contributed by atoms with Crippen molar-refractivity contribution >= 4 is 18.6 Å². The van der Waals surface area contributed by atoms with Crippen molar-refractivity contribution in [3.8, 4) is 0 Å². The van der Waals surface area contributed by atoms with Gasteiger partial charge in [-0.15, -0.1) is 0 Å². The molecule has 0 aliphatic rings. The Morgan fingerprint density at radius 1 is 1.62 bits per heavy atom.